The predicted molar refractivity (Wildman–Crippen MR) is 77.1 cm³/mol. The molecule has 1 aromatic carbocycles. The second-order valence-corrected chi connectivity index (χ2v) is 5.84. The van der Waals surface area contributed by atoms with Gasteiger partial charge in [0.05, 0.1) is 0 Å². The Kier molecular flexibility index (Phi) is 2.90. The topological polar surface area (TPSA) is 27.8 Å². The Bertz CT molecular complexity index is 566. The van der Waals surface area contributed by atoms with E-state index in [0.717, 1.165) is 6.42 Å². The van der Waals surface area contributed by atoms with E-state index >= 15 is 0 Å². The van der Waals surface area contributed by atoms with Crippen molar-refractivity contribution in [2.24, 2.45) is 0 Å². The lowest BCUT2D eigenvalue weighted by Gasteiger charge is -2.25. The minimum Gasteiger partial charge on any atom is -0.358 e. The van der Waals surface area contributed by atoms with Gasteiger partial charge in [-0.15, -0.1) is 0 Å². The van der Waals surface area contributed by atoms with E-state index in [2.05, 4.69) is 49.3 Å². The molecule has 0 bridgehead atoms. The van der Waals surface area contributed by atoms with Crippen molar-refractivity contribution < 1.29 is 0 Å². The summed E-state index contributed by atoms with van der Waals surface area (Å²) in [5, 5.41) is 5.11. The first-order valence-electron chi connectivity index (χ1n) is 7.00. The second kappa shape index (κ2) is 4.43. The molecule has 18 heavy (non-hydrogen) atoms. The van der Waals surface area contributed by atoms with Crippen LogP contribution in [0.1, 0.15) is 37.1 Å². The number of aromatic amines is 1. The van der Waals surface area contributed by atoms with Gasteiger partial charge in [-0.05, 0) is 37.3 Å². The van der Waals surface area contributed by atoms with Crippen molar-refractivity contribution in [2.75, 3.05) is 0 Å². The van der Waals surface area contributed by atoms with Crippen molar-refractivity contribution in [3.05, 3.63) is 35.0 Å². The Morgan fingerprint density at radius 2 is 2.17 bits per heavy atom. The smallest absolute Gasteiger partial charge is 0.0488 e. The number of fused-ring (bicyclic) bond motifs is 3. The zero-order valence-corrected chi connectivity index (χ0v) is 11.5. The van der Waals surface area contributed by atoms with Crippen LogP contribution in [-0.2, 0) is 12.8 Å². The molecule has 0 amide bonds. The molecule has 2 heteroatoms. The minimum atomic E-state index is 0.573. The molecule has 1 heterocycles. The highest BCUT2D eigenvalue weighted by Gasteiger charge is 2.22. The van der Waals surface area contributed by atoms with Crippen molar-refractivity contribution in [3.8, 4) is 0 Å². The first kappa shape index (κ1) is 11.8. The zero-order chi connectivity index (χ0) is 12.7. The third kappa shape index (κ3) is 1.95. The van der Waals surface area contributed by atoms with Gasteiger partial charge in [0.1, 0.15) is 0 Å². The number of rotatable bonds is 2. The number of H-pyrrole nitrogens is 1. The van der Waals surface area contributed by atoms with E-state index in [1.165, 1.54) is 40.6 Å². The summed E-state index contributed by atoms with van der Waals surface area (Å²) in [6.45, 7) is 6.65. The molecule has 0 spiro atoms. The summed E-state index contributed by atoms with van der Waals surface area (Å²) in [5.74, 6) is 0. The van der Waals surface area contributed by atoms with Crippen LogP contribution in [0.25, 0.3) is 10.9 Å². The molecule has 2 N–H and O–H groups in total. The van der Waals surface area contributed by atoms with Crippen LogP contribution in [0.2, 0.25) is 0 Å². The molecule has 2 nitrogen and oxygen atoms in total. The number of nitrogens with one attached hydrogen (secondary N) is 2. The van der Waals surface area contributed by atoms with Crippen LogP contribution in [0, 0.1) is 6.92 Å². The molecular formula is C16H22N2. The van der Waals surface area contributed by atoms with E-state index < -0.39 is 0 Å². The summed E-state index contributed by atoms with van der Waals surface area (Å²) in [6, 6.07) is 7.83. The number of hydrogen-bond acceptors (Lipinski definition) is 1. The van der Waals surface area contributed by atoms with Gasteiger partial charge in [-0.3, -0.25) is 0 Å². The van der Waals surface area contributed by atoms with Crippen LogP contribution in [0.15, 0.2) is 18.2 Å². The highest BCUT2D eigenvalue weighted by atomic mass is 14.9. The molecule has 0 saturated heterocycles. The first-order chi connectivity index (χ1) is 8.65. The molecule has 1 aliphatic rings. The fraction of sp³-hybridized carbons (Fsp3) is 0.500. The molecule has 3 rings (SSSR count). The van der Waals surface area contributed by atoms with Gasteiger partial charge in [0.25, 0.3) is 0 Å². The molecule has 0 saturated carbocycles. The fourth-order valence-electron chi connectivity index (χ4n) is 3.20. The van der Waals surface area contributed by atoms with Gasteiger partial charge in [-0.25, -0.2) is 0 Å². The molecular weight excluding hydrogens is 220 g/mol. The van der Waals surface area contributed by atoms with Crippen molar-refractivity contribution in [3.63, 3.8) is 0 Å². The van der Waals surface area contributed by atoms with Crippen molar-refractivity contribution in [2.45, 2.75) is 52.1 Å². The van der Waals surface area contributed by atoms with Crippen LogP contribution in [-0.4, -0.2) is 17.1 Å². The van der Waals surface area contributed by atoms with Gasteiger partial charge in [0, 0.05) is 28.7 Å². The maximum absolute atomic E-state index is 3.68. The zero-order valence-electron chi connectivity index (χ0n) is 11.5. The third-order valence-corrected chi connectivity index (χ3v) is 4.00. The maximum Gasteiger partial charge on any atom is 0.0488 e. The highest BCUT2D eigenvalue weighted by Crippen LogP contribution is 2.30. The molecule has 2 aromatic rings. The standard InChI is InChI=1S/C16H22N2/c1-10(2)17-12-7-8-15-14(9-12)13-6-4-5-11(3)16(13)18-15/h4-6,10,12,17-18H,7-9H2,1-3H3. The number of para-hydroxylation sites is 1. The summed E-state index contributed by atoms with van der Waals surface area (Å²) in [4.78, 5) is 3.63. The average Bonchev–Trinajstić information content (AvgIpc) is 2.68. The molecule has 0 radical (unpaired) electrons. The second-order valence-electron chi connectivity index (χ2n) is 5.84. The van der Waals surface area contributed by atoms with Gasteiger partial charge in [0.2, 0.25) is 0 Å². The SMILES string of the molecule is Cc1cccc2c3c([nH]c12)CCC(NC(C)C)C3. The van der Waals surface area contributed by atoms with Crippen LogP contribution in [0.3, 0.4) is 0 Å². The Morgan fingerprint density at radius 1 is 1.33 bits per heavy atom. The number of aromatic nitrogens is 1. The van der Waals surface area contributed by atoms with Gasteiger partial charge in [-0.1, -0.05) is 32.0 Å². The Morgan fingerprint density at radius 3 is 2.94 bits per heavy atom. The van der Waals surface area contributed by atoms with Gasteiger partial charge in [0.15, 0.2) is 0 Å². The minimum absolute atomic E-state index is 0.573. The van der Waals surface area contributed by atoms with Crippen molar-refractivity contribution in [1.29, 1.82) is 0 Å². The summed E-state index contributed by atoms with van der Waals surface area (Å²) >= 11 is 0. The summed E-state index contributed by atoms with van der Waals surface area (Å²) in [5.41, 5.74) is 5.70. The van der Waals surface area contributed by atoms with Gasteiger partial charge in [-0.2, -0.15) is 0 Å². The maximum atomic E-state index is 3.68. The van der Waals surface area contributed by atoms with Crippen LogP contribution >= 0.6 is 0 Å². The van der Waals surface area contributed by atoms with E-state index in [1.54, 1.807) is 0 Å². The lowest BCUT2D eigenvalue weighted by atomic mass is 9.91. The highest BCUT2D eigenvalue weighted by molar-refractivity contribution is 5.87. The molecule has 1 atom stereocenters. The number of hydrogen-bond donors (Lipinski definition) is 2. The van der Waals surface area contributed by atoms with Crippen LogP contribution < -0.4 is 5.32 Å². The molecule has 1 aromatic heterocycles. The van der Waals surface area contributed by atoms with E-state index in [0.29, 0.717) is 12.1 Å². The molecule has 1 unspecified atom stereocenters. The van der Waals surface area contributed by atoms with Gasteiger partial charge >= 0.3 is 0 Å². The van der Waals surface area contributed by atoms with E-state index in [9.17, 15) is 0 Å². The number of benzene rings is 1. The van der Waals surface area contributed by atoms with Crippen molar-refractivity contribution in [1.82, 2.24) is 10.3 Å². The monoisotopic (exact) mass is 242 g/mol. The largest absolute Gasteiger partial charge is 0.358 e. The van der Waals surface area contributed by atoms with E-state index in [4.69, 9.17) is 0 Å². The van der Waals surface area contributed by atoms with Crippen molar-refractivity contribution >= 4 is 10.9 Å². The molecule has 96 valence electrons. The normalized spacial score (nSPS) is 19.4. The summed E-state index contributed by atoms with van der Waals surface area (Å²) in [6.07, 6.45) is 3.59. The quantitative estimate of drug-likeness (QED) is 0.830. The van der Waals surface area contributed by atoms with E-state index in [-0.39, 0.29) is 0 Å². The summed E-state index contributed by atoms with van der Waals surface area (Å²) < 4.78 is 0. The third-order valence-electron chi connectivity index (χ3n) is 4.00. The summed E-state index contributed by atoms with van der Waals surface area (Å²) in [7, 11) is 0. The molecule has 0 fully saturated rings. The lowest BCUT2D eigenvalue weighted by molar-refractivity contribution is 0.421. The number of aryl methyl sites for hydroxylation is 2. The molecule has 0 aliphatic heterocycles. The van der Waals surface area contributed by atoms with E-state index in [1.807, 2.05) is 0 Å². The fourth-order valence-corrected chi connectivity index (χ4v) is 3.20. The average molecular weight is 242 g/mol. The van der Waals surface area contributed by atoms with Crippen LogP contribution in [0.5, 0.6) is 0 Å². The Labute approximate surface area is 109 Å². The first-order valence-corrected chi connectivity index (χ1v) is 7.00. The predicted octanol–water partition coefficient (Wildman–Crippen LogP) is 3.33. The Hall–Kier alpha value is -1.28. The Balaban J connectivity index is 1.99. The van der Waals surface area contributed by atoms with Crippen LogP contribution in [0.4, 0.5) is 0 Å². The molecule has 1 aliphatic carbocycles. The lowest BCUT2D eigenvalue weighted by Crippen LogP contribution is -2.38. The van der Waals surface area contributed by atoms with Gasteiger partial charge < -0.3 is 10.3 Å².